The molecule has 0 saturated heterocycles. The molecule has 2 aromatic rings. The molecule has 110 valence electrons. The van der Waals surface area contributed by atoms with E-state index in [1.807, 2.05) is 0 Å². The van der Waals surface area contributed by atoms with E-state index in [9.17, 15) is 14.5 Å². The number of nitrogens with one attached hydrogen (secondary N) is 1. The third-order valence-electron chi connectivity index (χ3n) is 2.97. The molecule has 0 saturated carbocycles. The fraction of sp³-hybridized carbons (Fsp3) is 0.200. The molecule has 0 aromatic heterocycles. The van der Waals surface area contributed by atoms with Gasteiger partial charge in [-0.15, -0.1) is 0 Å². The zero-order valence-corrected chi connectivity index (χ0v) is 11.7. The second kappa shape index (κ2) is 6.32. The summed E-state index contributed by atoms with van der Waals surface area (Å²) in [5.41, 5.74) is 1.28. The number of hydrogen-bond donors (Lipinski definition) is 1. The molecule has 0 aliphatic heterocycles. The van der Waals surface area contributed by atoms with Crippen molar-refractivity contribution < 1.29 is 14.1 Å². The number of hydrogen-bond acceptors (Lipinski definition) is 4. The Kier molecular flexibility index (Phi) is 4.49. The van der Waals surface area contributed by atoms with Crippen molar-refractivity contribution >= 4 is 5.69 Å². The van der Waals surface area contributed by atoms with Gasteiger partial charge in [0.15, 0.2) is 11.6 Å². The molecule has 2 rings (SSSR count). The van der Waals surface area contributed by atoms with Gasteiger partial charge in [0.05, 0.1) is 4.92 Å². The van der Waals surface area contributed by atoms with E-state index in [0.29, 0.717) is 17.9 Å². The standard InChI is InChI=1S/C15H15FN2O3/c1-10-7-12(4-5-14(10)18(19)20)21-15-6-3-11(9-17-2)8-13(15)16/h3-8,17H,9H2,1-2H3. The Morgan fingerprint density at radius 2 is 2.05 bits per heavy atom. The van der Waals surface area contributed by atoms with Gasteiger partial charge in [-0.2, -0.15) is 0 Å². The van der Waals surface area contributed by atoms with Gasteiger partial charge in [-0.1, -0.05) is 6.07 Å². The highest BCUT2D eigenvalue weighted by molar-refractivity contribution is 5.45. The summed E-state index contributed by atoms with van der Waals surface area (Å²) < 4.78 is 19.3. The monoisotopic (exact) mass is 290 g/mol. The molecule has 0 bridgehead atoms. The van der Waals surface area contributed by atoms with Gasteiger partial charge in [-0.3, -0.25) is 10.1 Å². The SMILES string of the molecule is CNCc1ccc(Oc2ccc([N+](=O)[O-])c(C)c2)c(F)c1. The lowest BCUT2D eigenvalue weighted by Crippen LogP contribution is -2.05. The van der Waals surface area contributed by atoms with Crippen molar-refractivity contribution in [3.05, 3.63) is 63.5 Å². The number of aryl methyl sites for hydroxylation is 1. The number of nitro groups is 1. The number of benzene rings is 2. The second-order valence-electron chi connectivity index (χ2n) is 4.60. The topological polar surface area (TPSA) is 64.4 Å². The van der Waals surface area contributed by atoms with Crippen LogP contribution in [0.2, 0.25) is 0 Å². The summed E-state index contributed by atoms with van der Waals surface area (Å²) in [6, 6.07) is 9.00. The lowest BCUT2D eigenvalue weighted by Gasteiger charge is -2.09. The Hall–Kier alpha value is -2.47. The van der Waals surface area contributed by atoms with Gasteiger partial charge in [-0.05, 0) is 43.8 Å². The summed E-state index contributed by atoms with van der Waals surface area (Å²) in [5, 5.41) is 13.7. The first-order valence-electron chi connectivity index (χ1n) is 6.37. The molecule has 0 atom stereocenters. The third-order valence-corrected chi connectivity index (χ3v) is 2.97. The zero-order valence-electron chi connectivity index (χ0n) is 11.7. The van der Waals surface area contributed by atoms with E-state index in [-0.39, 0.29) is 11.4 Å². The maximum absolute atomic E-state index is 13.9. The molecule has 0 aliphatic rings. The Morgan fingerprint density at radius 1 is 1.29 bits per heavy atom. The molecule has 6 heteroatoms. The highest BCUT2D eigenvalue weighted by Crippen LogP contribution is 2.29. The Morgan fingerprint density at radius 3 is 2.62 bits per heavy atom. The minimum Gasteiger partial charge on any atom is -0.454 e. The minimum absolute atomic E-state index is 0.00666. The molecule has 5 nitrogen and oxygen atoms in total. The van der Waals surface area contributed by atoms with Gasteiger partial charge in [-0.25, -0.2) is 4.39 Å². The van der Waals surface area contributed by atoms with Crippen LogP contribution < -0.4 is 10.1 Å². The predicted molar refractivity (Wildman–Crippen MR) is 77.1 cm³/mol. The summed E-state index contributed by atoms with van der Waals surface area (Å²) in [4.78, 5) is 10.3. The van der Waals surface area contributed by atoms with Crippen LogP contribution in [0.3, 0.4) is 0 Å². The average molecular weight is 290 g/mol. The maximum atomic E-state index is 13.9. The fourth-order valence-electron chi connectivity index (χ4n) is 1.96. The minimum atomic E-state index is -0.473. The summed E-state index contributed by atoms with van der Waals surface area (Å²) >= 11 is 0. The molecule has 1 N–H and O–H groups in total. The van der Waals surface area contributed by atoms with Crippen molar-refractivity contribution in [3.8, 4) is 11.5 Å². The summed E-state index contributed by atoms with van der Waals surface area (Å²) in [7, 11) is 1.78. The zero-order chi connectivity index (χ0) is 15.4. The molecule has 0 unspecified atom stereocenters. The summed E-state index contributed by atoms with van der Waals surface area (Å²) in [5.74, 6) is -0.0276. The van der Waals surface area contributed by atoms with E-state index in [0.717, 1.165) is 5.56 Å². The first kappa shape index (κ1) is 14.9. The molecular formula is C15H15FN2O3. The molecular weight excluding hydrogens is 275 g/mol. The fourth-order valence-corrected chi connectivity index (χ4v) is 1.96. The van der Waals surface area contributed by atoms with E-state index in [1.165, 1.54) is 24.3 Å². The summed E-state index contributed by atoms with van der Waals surface area (Å²) in [6.07, 6.45) is 0. The van der Waals surface area contributed by atoms with E-state index in [2.05, 4.69) is 5.32 Å². The number of halogens is 1. The highest BCUT2D eigenvalue weighted by atomic mass is 19.1. The van der Waals surface area contributed by atoms with Crippen LogP contribution in [0.25, 0.3) is 0 Å². The quantitative estimate of drug-likeness (QED) is 0.675. The molecule has 0 fully saturated rings. The Labute approximate surface area is 121 Å². The Balaban J connectivity index is 2.22. The molecule has 21 heavy (non-hydrogen) atoms. The van der Waals surface area contributed by atoms with Crippen molar-refractivity contribution in [1.82, 2.24) is 5.32 Å². The molecule has 0 spiro atoms. The number of ether oxygens (including phenoxy) is 1. The third kappa shape index (κ3) is 3.55. The van der Waals surface area contributed by atoms with Crippen molar-refractivity contribution in [2.45, 2.75) is 13.5 Å². The van der Waals surface area contributed by atoms with E-state index >= 15 is 0 Å². The largest absolute Gasteiger partial charge is 0.454 e. The molecule has 2 aromatic carbocycles. The number of nitrogens with zero attached hydrogens (tertiary/aromatic N) is 1. The average Bonchev–Trinajstić information content (AvgIpc) is 2.42. The van der Waals surface area contributed by atoms with Crippen LogP contribution in [0, 0.1) is 22.9 Å². The molecule has 0 heterocycles. The maximum Gasteiger partial charge on any atom is 0.272 e. The van der Waals surface area contributed by atoms with Gasteiger partial charge in [0, 0.05) is 18.2 Å². The molecule has 0 aliphatic carbocycles. The van der Waals surface area contributed by atoms with Crippen molar-refractivity contribution in [1.29, 1.82) is 0 Å². The van der Waals surface area contributed by atoms with Crippen LogP contribution in [0.5, 0.6) is 11.5 Å². The van der Waals surface area contributed by atoms with Crippen LogP contribution in [0.15, 0.2) is 36.4 Å². The van der Waals surface area contributed by atoms with Gasteiger partial charge in [0.1, 0.15) is 5.75 Å². The van der Waals surface area contributed by atoms with Crippen molar-refractivity contribution in [3.63, 3.8) is 0 Å². The lowest BCUT2D eigenvalue weighted by molar-refractivity contribution is -0.385. The van der Waals surface area contributed by atoms with Gasteiger partial charge in [0.2, 0.25) is 0 Å². The van der Waals surface area contributed by atoms with Crippen LogP contribution in [-0.4, -0.2) is 12.0 Å². The van der Waals surface area contributed by atoms with Crippen molar-refractivity contribution in [2.24, 2.45) is 0 Å². The normalized spacial score (nSPS) is 10.4. The number of nitro benzene ring substituents is 1. The van der Waals surface area contributed by atoms with Gasteiger partial charge < -0.3 is 10.1 Å². The Bertz CT molecular complexity index is 674. The van der Waals surface area contributed by atoms with Crippen LogP contribution in [0.1, 0.15) is 11.1 Å². The first-order valence-corrected chi connectivity index (χ1v) is 6.37. The lowest BCUT2D eigenvalue weighted by atomic mass is 10.2. The van der Waals surface area contributed by atoms with Crippen molar-refractivity contribution in [2.75, 3.05) is 7.05 Å². The highest BCUT2D eigenvalue weighted by Gasteiger charge is 2.12. The predicted octanol–water partition coefficient (Wildman–Crippen LogP) is 3.55. The van der Waals surface area contributed by atoms with Gasteiger partial charge >= 0.3 is 0 Å². The van der Waals surface area contributed by atoms with Gasteiger partial charge in [0.25, 0.3) is 5.69 Å². The van der Waals surface area contributed by atoms with Crippen LogP contribution in [0.4, 0.5) is 10.1 Å². The van der Waals surface area contributed by atoms with E-state index in [1.54, 1.807) is 26.1 Å². The van der Waals surface area contributed by atoms with E-state index in [4.69, 9.17) is 4.74 Å². The molecule has 0 amide bonds. The smallest absolute Gasteiger partial charge is 0.272 e. The van der Waals surface area contributed by atoms with E-state index < -0.39 is 10.7 Å². The summed E-state index contributed by atoms with van der Waals surface area (Å²) in [6.45, 7) is 2.17. The van der Waals surface area contributed by atoms with Crippen LogP contribution >= 0.6 is 0 Å². The second-order valence-corrected chi connectivity index (χ2v) is 4.60. The number of rotatable bonds is 5. The first-order chi connectivity index (χ1) is 10.0. The molecule has 0 radical (unpaired) electrons. The van der Waals surface area contributed by atoms with Crippen LogP contribution in [-0.2, 0) is 6.54 Å².